The second-order valence-electron chi connectivity index (χ2n) is 3.76. The van der Waals surface area contributed by atoms with E-state index >= 15 is 0 Å². The summed E-state index contributed by atoms with van der Waals surface area (Å²) in [6.45, 7) is 1.23. The van der Waals surface area contributed by atoms with Gasteiger partial charge in [0.05, 0.1) is 15.2 Å². The second-order valence-corrected chi connectivity index (χ2v) is 5.02. The minimum Gasteiger partial charge on any atom is -0.382 e. The van der Waals surface area contributed by atoms with Crippen LogP contribution in [-0.2, 0) is 6.54 Å². The van der Waals surface area contributed by atoms with Gasteiger partial charge >= 0.3 is 0 Å². The molecule has 0 atom stereocenters. The normalized spacial score (nSPS) is 10.3. The van der Waals surface area contributed by atoms with Crippen molar-refractivity contribution in [1.29, 1.82) is 0 Å². The van der Waals surface area contributed by atoms with Gasteiger partial charge in [-0.15, -0.1) is 0 Å². The number of pyridine rings is 1. The number of nitrogens with zero attached hydrogens (tertiary/aromatic N) is 1. The first-order chi connectivity index (χ1) is 8.68. The third-order valence-electron chi connectivity index (χ3n) is 2.52. The Bertz CT molecular complexity index is 598. The number of anilines is 1. The molecule has 1 aromatic heterocycles. The van der Waals surface area contributed by atoms with E-state index in [1.165, 1.54) is 0 Å². The molecule has 0 spiro atoms. The first-order valence-electron chi connectivity index (χ1n) is 5.52. The highest BCUT2D eigenvalue weighted by molar-refractivity contribution is 9.10. The topological polar surface area (TPSA) is 34.0 Å². The third kappa shape index (κ3) is 3.15. The molecule has 0 aliphatic rings. The van der Waals surface area contributed by atoms with Crippen LogP contribution in [-0.4, -0.2) is 11.1 Å². The highest BCUT2D eigenvalue weighted by atomic mass is 79.9. The van der Waals surface area contributed by atoms with Gasteiger partial charge in [-0.3, -0.25) is 4.79 Å². The molecule has 0 amide bonds. The molecule has 1 N–H and O–H groups in total. The molecule has 0 saturated carbocycles. The molecule has 0 saturated heterocycles. The van der Waals surface area contributed by atoms with E-state index in [4.69, 9.17) is 11.6 Å². The first kappa shape index (κ1) is 13.2. The van der Waals surface area contributed by atoms with Gasteiger partial charge in [-0.2, -0.15) is 0 Å². The van der Waals surface area contributed by atoms with Gasteiger partial charge in [0.25, 0.3) is 5.56 Å². The van der Waals surface area contributed by atoms with Crippen LogP contribution in [0, 0.1) is 0 Å². The van der Waals surface area contributed by atoms with E-state index in [9.17, 15) is 4.79 Å². The smallest absolute Gasteiger partial charge is 0.264 e. The van der Waals surface area contributed by atoms with Crippen LogP contribution >= 0.6 is 27.5 Å². The van der Waals surface area contributed by atoms with Crippen molar-refractivity contribution in [2.75, 3.05) is 11.9 Å². The lowest BCUT2D eigenvalue weighted by atomic mass is 10.3. The summed E-state index contributed by atoms with van der Waals surface area (Å²) in [5, 5.41) is 3.88. The molecule has 0 fully saturated rings. The van der Waals surface area contributed by atoms with Crippen molar-refractivity contribution < 1.29 is 0 Å². The van der Waals surface area contributed by atoms with E-state index in [2.05, 4.69) is 21.2 Å². The number of para-hydroxylation sites is 1. The number of halogens is 2. The summed E-state index contributed by atoms with van der Waals surface area (Å²) in [5.74, 6) is 0. The summed E-state index contributed by atoms with van der Waals surface area (Å²) >= 11 is 9.24. The molecule has 0 aliphatic carbocycles. The molecule has 18 heavy (non-hydrogen) atoms. The Balaban J connectivity index is 1.99. The molecule has 0 aliphatic heterocycles. The molecule has 3 nitrogen and oxygen atoms in total. The minimum absolute atomic E-state index is 0.0292. The van der Waals surface area contributed by atoms with Gasteiger partial charge in [0, 0.05) is 19.3 Å². The van der Waals surface area contributed by atoms with E-state index in [0.29, 0.717) is 22.6 Å². The molecular weight excluding hydrogens is 316 g/mol. The number of rotatable bonds is 4. The van der Waals surface area contributed by atoms with Crippen LogP contribution in [0.2, 0.25) is 5.02 Å². The SMILES string of the molecule is O=c1c(Br)cccn1CCNc1ccccc1Cl. The molecule has 5 heteroatoms. The predicted molar refractivity (Wildman–Crippen MR) is 78.3 cm³/mol. The number of hydrogen-bond donors (Lipinski definition) is 1. The van der Waals surface area contributed by atoms with Crippen molar-refractivity contribution in [2.45, 2.75) is 6.54 Å². The standard InChI is InChI=1S/C13H12BrClN2O/c14-10-4-3-8-17(13(10)18)9-7-16-12-6-2-1-5-11(12)15/h1-6,8,16H,7,9H2. The van der Waals surface area contributed by atoms with Gasteiger partial charge < -0.3 is 9.88 Å². The molecule has 0 radical (unpaired) electrons. The molecular formula is C13H12BrClN2O. The largest absolute Gasteiger partial charge is 0.382 e. The number of nitrogens with one attached hydrogen (secondary N) is 1. The van der Waals surface area contributed by atoms with Crippen molar-refractivity contribution in [1.82, 2.24) is 4.57 Å². The van der Waals surface area contributed by atoms with Gasteiger partial charge in [-0.25, -0.2) is 0 Å². The van der Waals surface area contributed by atoms with Gasteiger partial charge in [0.15, 0.2) is 0 Å². The lowest BCUT2D eigenvalue weighted by Crippen LogP contribution is -2.23. The van der Waals surface area contributed by atoms with Crippen LogP contribution in [0.15, 0.2) is 51.9 Å². The summed E-state index contributed by atoms with van der Waals surface area (Å²) < 4.78 is 2.22. The maximum absolute atomic E-state index is 11.7. The van der Waals surface area contributed by atoms with Crippen molar-refractivity contribution in [3.8, 4) is 0 Å². The van der Waals surface area contributed by atoms with Crippen LogP contribution in [0.1, 0.15) is 0 Å². The zero-order chi connectivity index (χ0) is 13.0. The Morgan fingerprint density at radius 1 is 1.22 bits per heavy atom. The van der Waals surface area contributed by atoms with E-state index in [1.54, 1.807) is 16.8 Å². The van der Waals surface area contributed by atoms with Gasteiger partial charge in [0.1, 0.15) is 0 Å². The van der Waals surface area contributed by atoms with Gasteiger partial charge in [-0.05, 0) is 40.2 Å². The molecule has 94 valence electrons. The predicted octanol–water partition coefficient (Wildman–Crippen LogP) is 3.38. The summed E-state index contributed by atoms with van der Waals surface area (Å²) in [5.41, 5.74) is 0.848. The van der Waals surface area contributed by atoms with Crippen LogP contribution in [0.4, 0.5) is 5.69 Å². The molecule has 2 aromatic rings. The molecule has 0 unspecified atom stereocenters. The summed E-state index contributed by atoms with van der Waals surface area (Å²) in [6.07, 6.45) is 1.77. The van der Waals surface area contributed by atoms with Crippen LogP contribution < -0.4 is 10.9 Å². The fourth-order valence-electron chi connectivity index (χ4n) is 1.60. The number of aromatic nitrogens is 1. The lowest BCUT2D eigenvalue weighted by Gasteiger charge is -2.09. The summed E-state index contributed by atoms with van der Waals surface area (Å²) in [6, 6.07) is 11.1. The van der Waals surface area contributed by atoms with Crippen LogP contribution in [0.5, 0.6) is 0 Å². The Morgan fingerprint density at radius 3 is 2.78 bits per heavy atom. The minimum atomic E-state index is -0.0292. The monoisotopic (exact) mass is 326 g/mol. The van der Waals surface area contributed by atoms with E-state index in [1.807, 2.05) is 30.3 Å². The number of hydrogen-bond acceptors (Lipinski definition) is 2. The van der Waals surface area contributed by atoms with Crippen molar-refractivity contribution in [3.05, 3.63) is 62.4 Å². The quantitative estimate of drug-likeness (QED) is 0.934. The summed E-state index contributed by atoms with van der Waals surface area (Å²) in [4.78, 5) is 11.7. The van der Waals surface area contributed by atoms with E-state index < -0.39 is 0 Å². The van der Waals surface area contributed by atoms with Crippen molar-refractivity contribution in [2.24, 2.45) is 0 Å². The maximum atomic E-state index is 11.7. The van der Waals surface area contributed by atoms with E-state index in [0.717, 1.165) is 5.69 Å². The molecule has 1 aromatic carbocycles. The maximum Gasteiger partial charge on any atom is 0.264 e. The fourth-order valence-corrected chi connectivity index (χ4v) is 2.18. The Labute approximate surface area is 119 Å². The van der Waals surface area contributed by atoms with E-state index in [-0.39, 0.29) is 5.56 Å². The zero-order valence-electron chi connectivity index (χ0n) is 9.57. The van der Waals surface area contributed by atoms with Gasteiger partial charge in [0.2, 0.25) is 0 Å². The first-order valence-corrected chi connectivity index (χ1v) is 6.69. The fraction of sp³-hybridized carbons (Fsp3) is 0.154. The van der Waals surface area contributed by atoms with Crippen molar-refractivity contribution >= 4 is 33.2 Å². The Hall–Kier alpha value is -1.26. The lowest BCUT2D eigenvalue weighted by molar-refractivity contribution is 0.694. The Morgan fingerprint density at radius 2 is 2.00 bits per heavy atom. The average Bonchev–Trinajstić information content (AvgIpc) is 2.37. The number of benzene rings is 1. The van der Waals surface area contributed by atoms with Crippen molar-refractivity contribution in [3.63, 3.8) is 0 Å². The zero-order valence-corrected chi connectivity index (χ0v) is 11.9. The third-order valence-corrected chi connectivity index (χ3v) is 3.45. The van der Waals surface area contributed by atoms with Gasteiger partial charge in [-0.1, -0.05) is 23.7 Å². The Kier molecular flexibility index (Phi) is 4.44. The molecule has 0 bridgehead atoms. The summed E-state index contributed by atoms with van der Waals surface area (Å²) in [7, 11) is 0. The van der Waals surface area contributed by atoms with Crippen LogP contribution in [0.25, 0.3) is 0 Å². The highest BCUT2D eigenvalue weighted by Gasteiger charge is 2.00. The molecule has 1 heterocycles. The highest BCUT2D eigenvalue weighted by Crippen LogP contribution is 2.19. The average molecular weight is 328 g/mol. The molecule has 2 rings (SSSR count). The van der Waals surface area contributed by atoms with Crippen LogP contribution in [0.3, 0.4) is 0 Å². The second kappa shape index (κ2) is 6.07.